The minimum Gasteiger partial charge on any atom is -0.490 e. The molecule has 2 N–H and O–H groups in total. The predicted molar refractivity (Wildman–Crippen MR) is 82.2 cm³/mol. The van der Waals surface area contributed by atoms with Gasteiger partial charge in [0.25, 0.3) is 0 Å². The van der Waals surface area contributed by atoms with E-state index in [0.29, 0.717) is 13.0 Å². The van der Waals surface area contributed by atoms with Gasteiger partial charge in [-0.3, -0.25) is 4.79 Å². The fourth-order valence-corrected chi connectivity index (χ4v) is 2.75. The van der Waals surface area contributed by atoms with Gasteiger partial charge in [0.15, 0.2) is 0 Å². The molecule has 0 radical (unpaired) electrons. The second-order valence-electron chi connectivity index (χ2n) is 6.41. The third-order valence-corrected chi connectivity index (χ3v) is 3.91. The molecule has 2 atom stereocenters. The molecular formula is C17H25NO3. The van der Waals surface area contributed by atoms with E-state index >= 15 is 0 Å². The van der Waals surface area contributed by atoms with E-state index in [4.69, 9.17) is 15.2 Å². The average Bonchev–Trinajstić information content (AvgIpc) is 2.77. The fourth-order valence-electron chi connectivity index (χ4n) is 2.75. The number of rotatable bonds is 5. The molecule has 116 valence electrons. The lowest BCUT2D eigenvalue weighted by Gasteiger charge is -2.26. The van der Waals surface area contributed by atoms with Gasteiger partial charge in [-0.05, 0) is 51.3 Å². The van der Waals surface area contributed by atoms with Crippen molar-refractivity contribution in [3.63, 3.8) is 0 Å². The second-order valence-corrected chi connectivity index (χ2v) is 6.41. The molecule has 1 aliphatic rings. The highest BCUT2D eigenvalue weighted by Crippen LogP contribution is 2.34. The van der Waals surface area contributed by atoms with E-state index in [0.717, 1.165) is 17.7 Å². The predicted octanol–water partition coefficient (Wildman–Crippen LogP) is 2.99. The Balaban J connectivity index is 2.09. The maximum Gasteiger partial charge on any atom is 0.311 e. The largest absolute Gasteiger partial charge is 0.490 e. The normalized spacial score (nSPS) is 18.8. The first-order chi connectivity index (χ1) is 9.83. The molecule has 0 aromatic heterocycles. The third kappa shape index (κ3) is 3.56. The summed E-state index contributed by atoms with van der Waals surface area (Å²) in [5.41, 5.74) is 7.95. The van der Waals surface area contributed by atoms with E-state index in [1.807, 2.05) is 32.9 Å². The van der Waals surface area contributed by atoms with Gasteiger partial charge in [-0.25, -0.2) is 0 Å². The minimum atomic E-state index is -0.585. The molecule has 0 saturated carbocycles. The van der Waals surface area contributed by atoms with Gasteiger partial charge in [0, 0.05) is 12.5 Å². The molecule has 1 aromatic rings. The highest BCUT2D eigenvalue weighted by atomic mass is 16.5. The lowest BCUT2D eigenvalue weighted by Crippen LogP contribution is -2.31. The minimum absolute atomic E-state index is 0.189. The number of carbonyl (C=O) groups is 1. The molecule has 0 saturated heterocycles. The summed E-state index contributed by atoms with van der Waals surface area (Å²) in [7, 11) is 0. The van der Waals surface area contributed by atoms with Crippen molar-refractivity contribution in [2.75, 3.05) is 6.61 Å². The number of hydrogen-bond donors (Lipinski definition) is 1. The van der Waals surface area contributed by atoms with E-state index in [1.54, 1.807) is 0 Å². The first-order valence-corrected chi connectivity index (χ1v) is 7.55. The van der Waals surface area contributed by atoms with Gasteiger partial charge in [-0.1, -0.05) is 12.1 Å². The van der Waals surface area contributed by atoms with Gasteiger partial charge in [-0.2, -0.15) is 0 Å². The van der Waals surface area contributed by atoms with Gasteiger partial charge in [0.05, 0.1) is 12.0 Å². The summed E-state index contributed by atoms with van der Waals surface area (Å²) in [5.74, 6) is 0.752. The molecule has 0 fully saturated rings. The third-order valence-electron chi connectivity index (χ3n) is 3.91. The number of benzene rings is 1. The molecule has 4 nitrogen and oxygen atoms in total. The summed E-state index contributed by atoms with van der Waals surface area (Å²) >= 11 is 0. The van der Waals surface area contributed by atoms with E-state index < -0.39 is 5.41 Å². The summed E-state index contributed by atoms with van der Waals surface area (Å²) < 4.78 is 10.8. The van der Waals surface area contributed by atoms with Crippen LogP contribution in [0.4, 0.5) is 0 Å². The van der Waals surface area contributed by atoms with Crippen molar-refractivity contribution in [3.8, 4) is 5.75 Å². The van der Waals surface area contributed by atoms with Gasteiger partial charge < -0.3 is 15.2 Å². The Morgan fingerprint density at radius 3 is 2.90 bits per heavy atom. The molecule has 2 unspecified atom stereocenters. The highest BCUT2D eigenvalue weighted by molar-refractivity contribution is 5.76. The van der Waals surface area contributed by atoms with Crippen LogP contribution in [0.3, 0.4) is 0 Å². The number of carbonyl (C=O) groups excluding carboxylic acids is 1. The first-order valence-electron chi connectivity index (χ1n) is 7.55. The lowest BCUT2D eigenvalue weighted by atomic mass is 9.83. The summed E-state index contributed by atoms with van der Waals surface area (Å²) in [5, 5.41) is 0. The van der Waals surface area contributed by atoms with Crippen molar-refractivity contribution >= 4 is 5.97 Å². The number of fused-ring (bicyclic) bond motifs is 1. The van der Waals surface area contributed by atoms with Gasteiger partial charge in [0.1, 0.15) is 11.9 Å². The van der Waals surface area contributed by atoms with E-state index in [1.165, 1.54) is 5.56 Å². The molecule has 1 aliphatic heterocycles. The Bertz CT molecular complexity index is 525. The van der Waals surface area contributed by atoms with Crippen molar-refractivity contribution < 1.29 is 14.3 Å². The van der Waals surface area contributed by atoms with Crippen molar-refractivity contribution in [2.24, 2.45) is 11.1 Å². The van der Waals surface area contributed by atoms with Crippen molar-refractivity contribution in [1.29, 1.82) is 0 Å². The van der Waals surface area contributed by atoms with Gasteiger partial charge in [-0.15, -0.1) is 0 Å². The number of ether oxygens (including phenoxy) is 2. The van der Waals surface area contributed by atoms with Crippen LogP contribution in [0.2, 0.25) is 0 Å². The lowest BCUT2D eigenvalue weighted by molar-refractivity contribution is -0.154. The maximum atomic E-state index is 12.0. The summed E-state index contributed by atoms with van der Waals surface area (Å²) in [4.78, 5) is 12.0. The zero-order chi connectivity index (χ0) is 15.6. The van der Waals surface area contributed by atoms with Crippen molar-refractivity contribution in [2.45, 2.75) is 52.7 Å². The Labute approximate surface area is 126 Å². The van der Waals surface area contributed by atoms with Crippen LogP contribution in [0.5, 0.6) is 5.75 Å². The maximum absolute atomic E-state index is 12.0. The molecule has 21 heavy (non-hydrogen) atoms. The van der Waals surface area contributed by atoms with Crippen LogP contribution in [-0.4, -0.2) is 18.7 Å². The Kier molecular flexibility index (Phi) is 4.57. The monoisotopic (exact) mass is 291 g/mol. The Morgan fingerprint density at radius 2 is 2.24 bits per heavy atom. The molecule has 1 aromatic carbocycles. The van der Waals surface area contributed by atoms with E-state index in [9.17, 15) is 4.79 Å². The van der Waals surface area contributed by atoms with Crippen LogP contribution < -0.4 is 10.5 Å². The molecule has 2 rings (SSSR count). The van der Waals surface area contributed by atoms with Crippen LogP contribution in [0.1, 0.15) is 51.3 Å². The van der Waals surface area contributed by atoms with Crippen LogP contribution in [0.15, 0.2) is 18.2 Å². The van der Waals surface area contributed by atoms with Crippen molar-refractivity contribution in [1.82, 2.24) is 0 Å². The summed E-state index contributed by atoms with van der Waals surface area (Å²) in [6.45, 7) is 8.03. The standard InChI is InChI=1S/C17H25NO3/c1-5-20-16(19)17(3,4)10-14(18)12-6-7-15-13(9-12)8-11(2)21-15/h6-7,9,11,14H,5,8,10,18H2,1-4H3. The molecule has 0 aliphatic carbocycles. The average molecular weight is 291 g/mol. The smallest absolute Gasteiger partial charge is 0.311 e. The van der Waals surface area contributed by atoms with Crippen LogP contribution in [-0.2, 0) is 16.0 Å². The fraction of sp³-hybridized carbons (Fsp3) is 0.588. The molecule has 0 amide bonds. The number of nitrogens with two attached hydrogens (primary N) is 1. The van der Waals surface area contributed by atoms with E-state index in [-0.39, 0.29) is 18.1 Å². The van der Waals surface area contributed by atoms with E-state index in [2.05, 4.69) is 13.0 Å². The first kappa shape index (κ1) is 15.8. The Hall–Kier alpha value is -1.55. The molecule has 4 heteroatoms. The summed E-state index contributed by atoms with van der Waals surface area (Å²) in [6, 6.07) is 5.88. The second kappa shape index (κ2) is 6.06. The summed E-state index contributed by atoms with van der Waals surface area (Å²) in [6.07, 6.45) is 1.69. The Morgan fingerprint density at radius 1 is 1.52 bits per heavy atom. The SMILES string of the molecule is CCOC(=O)C(C)(C)CC(N)c1ccc2c(c1)CC(C)O2. The van der Waals surface area contributed by atoms with Gasteiger partial charge >= 0.3 is 5.97 Å². The zero-order valence-corrected chi connectivity index (χ0v) is 13.3. The topological polar surface area (TPSA) is 61.5 Å². The van der Waals surface area contributed by atoms with Crippen LogP contribution in [0, 0.1) is 5.41 Å². The van der Waals surface area contributed by atoms with Gasteiger partial charge in [0.2, 0.25) is 0 Å². The van der Waals surface area contributed by atoms with Crippen molar-refractivity contribution in [3.05, 3.63) is 29.3 Å². The zero-order valence-electron chi connectivity index (χ0n) is 13.3. The molecule has 0 spiro atoms. The number of hydrogen-bond acceptors (Lipinski definition) is 4. The van der Waals surface area contributed by atoms with Crippen LogP contribution >= 0.6 is 0 Å². The van der Waals surface area contributed by atoms with Crippen LogP contribution in [0.25, 0.3) is 0 Å². The molecule has 0 bridgehead atoms. The molecule has 1 heterocycles. The highest BCUT2D eigenvalue weighted by Gasteiger charge is 2.32. The quantitative estimate of drug-likeness (QED) is 0.847. The molecular weight excluding hydrogens is 266 g/mol. The number of esters is 1.